The van der Waals surface area contributed by atoms with Crippen molar-refractivity contribution in [1.29, 1.82) is 0 Å². The number of carbonyl (C=O) groups excluding carboxylic acids is 1. The third-order valence-electron chi connectivity index (χ3n) is 3.76. The van der Waals surface area contributed by atoms with Crippen molar-refractivity contribution in [2.75, 3.05) is 18.4 Å². The first-order valence-electron chi connectivity index (χ1n) is 8.24. The molecule has 0 aliphatic carbocycles. The predicted octanol–water partition coefficient (Wildman–Crippen LogP) is 3.57. The lowest BCUT2D eigenvalue weighted by Gasteiger charge is -2.18. The van der Waals surface area contributed by atoms with Crippen LogP contribution in [0, 0.1) is 0 Å². The number of halogens is 2. The van der Waals surface area contributed by atoms with Gasteiger partial charge in [-0.15, -0.1) is 0 Å². The van der Waals surface area contributed by atoms with Crippen LogP contribution in [0.3, 0.4) is 0 Å². The molecule has 0 saturated heterocycles. The molecule has 0 aliphatic rings. The number of sulfonamides is 1. The minimum absolute atomic E-state index is 0.0544. The fourth-order valence-corrected chi connectivity index (χ4v) is 3.97. The Kier molecular flexibility index (Phi) is 6.86. The Hall–Kier alpha value is -2.52. The average molecular weight is 398 g/mol. The van der Waals surface area contributed by atoms with Gasteiger partial charge in [-0.25, -0.2) is 8.42 Å². The topological polar surface area (TPSA) is 75.7 Å². The lowest BCUT2D eigenvalue weighted by Crippen LogP contribution is -2.30. The zero-order chi connectivity index (χ0) is 20.0. The van der Waals surface area contributed by atoms with Crippen LogP contribution < -0.4 is 10.1 Å². The third-order valence-corrected chi connectivity index (χ3v) is 5.80. The number of benzene rings is 2. The molecule has 0 atom stereocenters. The fourth-order valence-electron chi connectivity index (χ4n) is 2.46. The Bertz CT molecular complexity index is 900. The molecular formula is C18H20F2N2O4S. The maximum atomic E-state index is 12.6. The summed E-state index contributed by atoms with van der Waals surface area (Å²) in [5.41, 5.74) is 0.374. The Morgan fingerprint density at radius 2 is 1.78 bits per heavy atom. The second-order valence-corrected chi connectivity index (χ2v) is 7.42. The molecule has 0 spiro atoms. The van der Waals surface area contributed by atoms with Gasteiger partial charge in [-0.1, -0.05) is 26.0 Å². The molecule has 1 N–H and O–H groups in total. The van der Waals surface area contributed by atoms with E-state index in [0.717, 1.165) is 0 Å². The van der Waals surface area contributed by atoms with Gasteiger partial charge < -0.3 is 10.1 Å². The van der Waals surface area contributed by atoms with Crippen LogP contribution >= 0.6 is 0 Å². The van der Waals surface area contributed by atoms with Gasteiger partial charge in [0.15, 0.2) is 0 Å². The molecule has 27 heavy (non-hydrogen) atoms. The standard InChI is InChI=1S/C18H20F2N2O4S/c1-3-22(4-2)27(24,25)16-10-6-8-14(12-16)21-17(23)13-7-5-9-15(11-13)26-18(19)20/h5-12,18H,3-4H2,1-2H3,(H,21,23). The van der Waals surface area contributed by atoms with Crippen molar-refractivity contribution in [1.82, 2.24) is 4.31 Å². The molecule has 2 aromatic rings. The summed E-state index contributed by atoms with van der Waals surface area (Å²) in [4.78, 5) is 12.4. The van der Waals surface area contributed by atoms with Crippen molar-refractivity contribution in [2.45, 2.75) is 25.4 Å². The van der Waals surface area contributed by atoms with Crippen LogP contribution in [0.2, 0.25) is 0 Å². The quantitative estimate of drug-likeness (QED) is 0.738. The molecule has 2 rings (SSSR count). The summed E-state index contributed by atoms with van der Waals surface area (Å²) in [6, 6.07) is 11.2. The number of alkyl halides is 2. The van der Waals surface area contributed by atoms with E-state index in [1.165, 1.54) is 46.8 Å². The van der Waals surface area contributed by atoms with E-state index < -0.39 is 22.5 Å². The van der Waals surface area contributed by atoms with Crippen LogP contribution in [0.4, 0.5) is 14.5 Å². The van der Waals surface area contributed by atoms with Crippen molar-refractivity contribution in [3.05, 3.63) is 54.1 Å². The first kappa shape index (κ1) is 20.8. The number of ether oxygens (including phenoxy) is 1. The van der Waals surface area contributed by atoms with Gasteiger partial charge in [0.2, 0.25) is 10.0 Å². The molecule has 146 valence electrons. The number of hydrogen-bond acceptors (Lipinski definition) is 4. The summed E-state index contributed by atoms with van der Waals surface area (Å²) in [5.74, 6) is -0.720. The van der Waals surface area contributed by atoms with Crippen molar-refractivity contribution in [2.24, 2.45) is 0 Å². The second kappa shape index (κ2) is 8.92. The molecule has 1 amide bonds. The normalized spacial score (nSPS) is 11.6. The Labute approximate surface area is 156 Å². The number of rotatable bonds is 8. The van der Waals surface area contributed by atoms with E-state index >= 15 is 0 Å². The van der Waals surface area contributed by atoms with E-state index in [9.17, 15) is 22.0 Å². The Morgan fingerprint density at radius 1 is 1.11 bits per heavy atom. The highest BCUT2D eigenvalue weighted by Crippen LogP contribution is 2.21. The van der Waals surface area contributed by atoms with E-state index in [-0.39, 0.29) is 21.9 Å². The van der Waals surface area contributed by atoms with Crippen LogP contribution in [0.1, 0.15) is 24.2 Å². The summed E-state index contributed by atoms with van der Waals surface area (Å²) in [7, 11) is -3.67. The minimum Gasteiger partial charge on any atom is -0.435 e. The number of hydrogen-bond donors (Lipinski definition) is 1. The zero-order valence-corrected chi connectivity index (χ0v) is 15.7. The highest BCUT2D eigenvalue weighted by atomic mass is 32.2. The number of amides is 1. The molecule has 0 heterocycles. The summed E-state index contributed by atoms with van der Waals surface area (Å²) < 4.78 is 55.3. The maximum absolute atomic E-state index is 12.6. The van der Waals surface area contributed by atoms with E-state index in [4.69, 9.17) is 0 Å². The lowest BCUT2D eigenvalue weighted by molar-refractivity contribution is -0.0498. The number of nitrogens with one attached hydrogen (secondary N) is 1. The highest BCUT2D eigenvalue weighted by Gasteiger charge is 2.22. The molecule has 0 fully saturated rings. The lowest BCUT2D eigenvalue weighted by atomic mass is 10.2. The van der Waals surface area contributed by atoms with Gasteiger partial charge in [0, 0.05) is 24.3 Å². The average Bonchev–Trinajstić information content (AvgIpc) is 2.62. The third kappa shape index (κ3) is 5.24. The van der Waals surface area contributed by atoms with E-state index in [0.29, 0.717) is 13.1 Å². The molecule has 2 aromatic carbocycles. The first-order valence-corrected chi connectivity index (χ1v) is 9.68. The van der Waals surface area contributed by atoms with Crippen molar-refractivity contribution >= 4 is 21.6 Å². The molecule has 0 bridgehead atoms. The predicted molar refractivity (Wildman–Crippen MR) is 97.6 cm³/mol. The smallest absolute Gasteiger partial charge is 0.387 e. The molecule has 9 heteroatoms. The summed E-state index contributed by atoms with van der Waals surface area (Å²) in [6.07, 6.45) is 0. The van der Waals surface area contributed by atoms with E-state index in [2.05, 4.69) is 10.1 Å². The SMILES string of the molecule is CCN(CC)S(=O)(=O)c1cccc(NC(=O)c2cccc(OC(F)F)c2)c1. The van der Waals surface area contributed by atoms with Gasteiger partial charge in [0.1, 0.15) is 5.75 Å². The molecule has 0 unspecified atom stereocenters. The maximum Gasteiger partial charge on any atom is 0.387 e. The summed E-state index contributed by atoms with van der Waals surface area (Å²) in [5, 5.41) is 2.56. The van der Waals surface area contributed by atoms with E-state index in [1.807, 2.05) is 0 Å². The van der Waals surface area contributed by atoms with Gasteiger partial charge in [0.25, 0.3) is 5.91 Å². The number of nitrogens with zero attached hydrogens (tertiary/aromatic N) is 1. The first-order chi connectivity index (χ1) is 12.8. The van der Waals surface area contributed by atoms with Gasteiger partial charge in [-0.05, 0) is 36.4 Å². The van der Waals surface area contributed by atoms with Crippen LogP contribution in [-0.4, -0.2) is 38.3 Å². The molecule has 0 saturated carbocycles. The molecular weight excluding hydrogens is 378 g/mol. The molecule has 0 aromatic heterocycles. The minimum atomic E-state index is -3.67. The van der Waals surface area contributed by atoms with Crippen LogP contribution in [0.15, 0.2) is 53.4 Å². The van der Waals surface area contributed by atoms with Crippen molar-refractivity contribution in [3.63, 3.8) is 0 Å². The van der Waals surface area contributed by atoms with Crippen LogP contribution in [0.25, 0.3) is 0 Å². The Balaban J connectivity index is 2.22. The van der Waals surface area contributed by atoms with Gasteiger partial charge in [-0.2, -0.15) is 13.1 Å². The molecule has 0 radical (unpaired) electrons. The monoisotopic (exact) mass is 398 g/mol. The van der Waals surface area contributed by atoms with Crippen LogP contribution in [-0.2, 0) is 10.0 Å². The molecule has 6 nitrogen and oxygen atoms in total. The Morgan fingerprint density at radius 3 is 2.41 bits per heavy atom. The van der Waals surface area contributed by atoms with Gasteiger partial charge >= 0.3 is 6.61 Å². The van der Waals surface area contributed by atoms with Crippen molar-refractivity contribution < 1.29 is 26.7 Å². The van der Waals surface area contributed by atoms with Gasteiger partial charge in [-0.3, -0.25) is 4.79 Å². The molecule has 0 aliphatic heterocycles. The highest BCUT2D eigenvalue weighted by molar-refractivity contribution is 7.89. The fraction of sp³-hybridized carbons (Fsp3) is 0.278. The van der Waals surface area contributed by atoms with Gasteiger partial charge in [0.05, 0.1) is 4.90 Å². The summed E-state index contributed by atoms with van der Waals surface area (Å²) >= 11 is 0. The van der Waals surface area contributed by atoms with E-state index in [1.54, 1.807) is 19.9 Å². The second-order valence-electron chi connectivity index (χ2n) is 5.48. The van der Waals surface area contributed by atoms with Crippen LogP contribution in [0.5, 0.6) is 5.75 Å². The summed E-state index contributed by atoms with van der Waals surface area (Å²) in [6.45, 7) is 1.13. The largest absolute Gasteiger partial charge is 0.435 e. The zero-order valence-electron chi connectivity index (χ0n) is 14.9. The number of anilines is 1. The van der Waals surface area contributed by atoms with Crippen molar-refractivity contribution in [3.8, 4) is 5.75 Å². The number of carbonyl (C=O) groups is 1.